The van der Waals surface area contributed by atoms with Crippen molar-refractivity contribution in [1.82, 2.24) is 29.6 Å². The van der Waals surface area contributed by atoms with Gasteiger partial charge < -0.3 is 9.88 Å². The lowest BCUT2D eigenvalue weighted by Crippen LogP contribution is -2.28. The van der Waals surface area contributed by atoms with E-state index in [2.05, 4.69) is 20.5 Å². The number of hydrogen-bond donors (Lipinski definition) is 1. The van der Waals surface area contributed by atoms with Gasteiger partial charge in [0.1, 0.15) is 11.6 Å². The van der Waals surface area contributed by atoms with Crippen LogP contribution < -0.4 is 5.32 Å². The van der Waals surface area contributed by atoms with Gasteiger partial charge in [0.2, 0.25) is 5.91 Å². The summed E-state index contributed by atoms with van der Waals surface area (Å²) in [6.07, 6.45) is 4.25. The number of carbonyl (C=O) groups is 1. The van der Waals surface area contributed by atoms with Crippen LogP contribution in [0.4, 0.5) is 4.39 Å². The topological polar surface area (TPSA) is 77.6 Å². The molecule has 2 aromatic heterocycles. The zero-order valence-electron chi connectivity index (χ0n) is 16.9. The molecule has 0 saturated heterocycles. The van der Waals surface area contributed by atoms with Gasteiger partial charge in [0, 0.05) is 38.1 Å². The molecule has 0 aliphatic rings. The summed E-state index contributed by atoms with van der Waals surface area (Å²) in [7, 11) is 1.92. The van der Waals surface area contributed by atoms with E-state index in [0.717, 1.165) is 11.5 Å². The van der Waals surface area contributed by atoms with Crippen molar-refractivity contribution in [3.63, 3.8) is 0 Å². The van der Waals surface area contributed by atoms with Gasteiger partial charge in [0.25, 0.3) is 0 Å². The van der Waals surface area contributed by atoms with Crippen LogP contribution in [-0.2, 0) is 18.3 Å². The standard InChI is InChI=1S/C22H21FN6OS/c1-28-14-13-24-19(28)11-12-25-20(30)15-31-22-27-26-21(17-9-5-6-10-18(17)23)29(22)16-7-3-2-4-8-16/h2-10,13-14H,11-12,15H2,1H3,(H,25,30). The van der Waals surface area contributed by atoms with Crippen molar-refractivity contribution in [2.75, 3.05) is 12.3 Å². The number of aromatic nitrogens is 5. The van der Waals surface area contributed by atoms with E-state index in [-0.39, 0.29) is 17.5 Å². The summed E-state index contributed by atoms with van der Waals surface area (Å²) in [5.41, 5.74) is 1.15. The average molecular weight is 437 g/mol. The van der Waals surface area contributed by atoms with Gasteiger partial charge in [-0.05, 0) is 24.3 Å². The van der Waals surface area contributed by atoms with E-state index in [9.17, 15) is 9.18 Å². The lowest BCUT2D eigenvalue weighted by atomic mass is 10.2. The fourth-order valence-electron chi connectivity index (χ4n) is 3.12. The van der Waals surface area contributed by atoms with Crippen LogP contribution in [0, 0.1) is 5.82 Å². The molecule has 0 aliphatic carbocycles. The number of rotatable bonds is 8. The largest absolute Gasteiger partial charge is 0.355 e. The first-order valence-electron chi connectivity index (χ1n) is 9.75. The maximum absolute atomic E-state index is 14.4. The molecule has 0 aliphatic heterocycles. The van der Waals surface area contributed by atoms with Crippen molar-refractivity contribution in [3.05, 3.63) is 78.6 Å². The third-order valence-corrected chi connectivity index (χ3v) is 5.62. The van der Waals surface area contributed by atoms with Gasteiger partial charge in [-0.25, -0.2) is 9.37 Å². The van der Waals surface area contributed by atoms with Crippen LogP contribution in [0.25, 0.3) is 17.1 Å². The summed E-state index contributed by atoms with van der Waals surface area (Å²) in [6.45, 7) is 0.496. The Labute approximate surface area is 183 Å². The van der Waals surface area contributed by atoms with E-state index in [1.54, 1.807) is 29.0 Å². The lowest BCUT2D eigenvalue weighted by Gasteiger charge is -2.11. The van der Waals surface area contributed by atoms with Crippen LogP contribution in [0.5, 0.6) is 0 Å². The van der Waals surface area contributed by atoms with Crippen molar-refractivity contribution in [1.29, 1.82) is 0 Å². The molecule has 0 saturated carbocycles. The summed E-state index contributed by atoms with van der Waals surface area (Å²) in [5, 5.41) is 11.9. The Morgan fingerprint density at radius 3 is 2.61 bits per heavy atom. The van der Waals surface area contributed by atoms with E-state index >= 15 is 0 Å². The number of nitrogens with zero attached hydrogens (tertiary/aromatic N) is 5. The average Bonchev–Trinajstić information content (AvgIpc) is 3.39. The van der Waals surface area contributed by atoms with E-state index in [1.165, 1.54) is 17.8 Å². The molecule has 2 aromatic carbocycles. The Hall–Kier alpha value is -3.46. The number of para-hydroxylation sites is 1. The Morgan fingerprint density at radius 1 is 1.10 bits per heavy atom. The molecule has 0 radical (unpaired) electrons. The molecule has 9 heteroatoms. The second-order valence-corrected chi connectivity index (χ2v) is 7.74. The van der Waals surface area contributed by atoms with Crippen LogP contribution in [0.3, 0.4) is 0 Å². The number of nitrogens with one attached hydrogen (secondary N) is 1. The van der Waals surface area contributed by atoms with E-state index in [4.69, 9.17) is 0 Å². The SMILES string of the molecule is Cn1ccnc1CCNC(=O)CSc1nnc(-c2ccccc2F)n1-c1ccccc1. The molecule has 0 atom stereocenters. The highest BCUT2D eigenvalue weighted by molar-refractivity contribution is 7.99. The van der Waals surface area contributed by atoms with Crippen LogP contribution in [0.2, 0.25) is 0 Å². The van der Waals surface area contributed by atoms with Gasteiger partial charge in [-0.3, -0.25) is 9.36 Å². The summed E-state index contributed by atoms with van der Waals surface area (Å²) in [6, 6.07) is 15.9. The van der Waals surface area contributed by atoms with Crippen molar-refractivity contribution < 1.29 is 9.18 Å². The lowest BCUT2D eigenvalue weighted by molar-refractivity contribution is -0.118. The van der Waals surface area contributed by atoms with Gasteiger partial charge in [-0.15, -0.1) is 10.2 Å². The molecule has 1 N–H and O–H groups in total. The van der Waals surface area contributed by atoms with Crippen LogP contribution in [0.1, 0.15) is 5.82 Å². The van der Waals surface area contributed by atoms with Crippen molar-refractivity contribution in [3.8, 4) is 17.1 Å². The quantitative estimate of drug-likeness (QED) is 0.429. The minimum atomic E-state index is -0.379. The first kappa shape index (κ1) is 20.8. The molecule has 7 nitrogen and oxygen atoms in total. The third kappa shape index (κ3) is 4.83. The molecule has 0 bridgehead atoms. The Kier molecular flexibility index (Phi) is 6.42. The third-order valence-electron chi connectivity index (χ3n) is 4.69. The highest BCUT2D eigenvalue weighted by Gasteiger charge is 2.19. The van der Waals surface area contributed by atoms with Gasteiger partial charge >= 0.3 is 0 Å². The van der Waals surface area contributed by atoms with Gasteiger partial charge in [0.15, 0.2) is 11.0 Å². The monoisotopic (exact) mass is 436 g/mol. The second kappa shape index (κ2) is 9.57. The van der Waals surface area contributed by atoms with Gasteiger partial charge in [0.05, 0.1) is 11.3 Å². The molecule has 0 spiro atoms. The number of imidazole rings is 1. The van der Waals surface area contributed by atoms with Crippen molar-refractivity contribution in [2.24, 2.45) is 7.05 Å². The molecule has 0 unspecified atom stereocenters. The fourth-order valence-corrected chi connectivity index (χ4v) is 3.90. The molecule has 1 amide bonds. The van der Waals surface area contributed by atoms with Crippen LogP contribution >= 0.6 is 11.8 Å². The molecular formula is C22H21FN6OS. The summed E-state index contributed by atoms with van der Waals surface area (Å²) in [5.74, 6) is 0.973. The maximum atomic E-state index is 14.4. The van der Waals surface area contributed by atoms with E-state index < -0.39 is 0 Å². The maximum Gasteiger partial charge on any atom is 0.230 e. The molecule has 4 rings (SSSR count). The summed E-state index contributed by atoms with van der Waals surface area (Å²) >= 11 is 1.26. The van der Waals surface area contributed by atoms with Crippen molar-refractivity contribution >= 4 is 17.7 Å². The zero-order chi connectivity index (χ0) is 21.6. The molecule has 4 aromatic rings. The molecule has 31 heavy (non-hydrogen) atoms. The molecule has 2 heterocycles. The van der Waals surface area contributed by atoms with E-state index in [1.807, 2.05) is 48.1 Å². The minimum absolute atomic E-state index is 0.116. The van der Waals surface area contributed by atoms with E-state index in [0.29, 0.717) is 29.5 Å². The normalized spacial score (nSPS) is 10.9. The van der Waals surface area contributed by atoms with Crippen LogP contribution in [-0.4, -0.2) is 42.5 Å². The van der Waals surface area contributed by atoms with Gasteiger partial charge in [-0.2, -0.15) is 0 Å². The number of benzene rings is 2. The number of carbonyl (C=O) groups excluding carboxylic acids is 1. The number of aryl methyl sites for hydroxylation is 1. The molecular weight excluding hydrogens is 415 g/mol. The second-order valence-electron chi connectivity index (χ2n) is 6.80. The first-order chi connectivity index (χ1) is 15.1. The highest BCUT2D eigenvalue weighted by Crippen LogP contribution is 2.29. The number of hydrogen-bond acceptors (Lipinski definition) is 5. The number of halogens is 1. The Bertz CT molecular complexity index is 1170. The Balaban J connectivity index is 1.49. The van der Waals surface area contributed by atoms with Gasteiger partial charge in [-0.1, -0.05) is 42.1 Å². The summed E-state index contributed by atoms with van der Waals surface area (Å²) < 4.78 is 18.1. The smallest absolute Gasteiger partial charge is 0.230 e. The summed E-state index contributed by atoms with van der Waals surface area (Å²) in [4.78, 5) is 16.6. The number of amides is 1. The predicted molar refractivity (Wildman–Crippen MR) is 117 cm³/mol. The van der Waals surface area contributed by atoms with Crippen LogP contribution in [0.15, 0.2) is 72.1 Å². The molecule has 0 fully saturated rings. The highest BCUT2D eigenvalue weighted by atomic mass is 32.2. The Morgan fingerprint density at radius 2 is 1.87 bits per heavy atom. The zero-order valence-corrected chi connectivity index (χ0v) is 17.7. The predicted octanol–water partition coefficient (Wildman–Crippen LogP) is 3.26. The molecule has 158 valence electrons. The van der Waals surface area contributed by atoms with Crippen molar-refractivity contribution in [2.45, 2.75) is 11.6 Å². The first-order valence-corrected chi connectivity index (χ1v) is 10.7. The minimum Gasteiger partial charge on any atom is -0.355 e. The fraction of sp³-hybridized carbons (Fsp3) is 0.182. The number of thioether (sulfide) groups is 1.